The molecule has 1 N–H and O–H groups in total. The summed E-state index contributed by atoms with van der Waals surface area (Å²) in [7, 11) is 0. The first kappa shape index (κ1) is 14.8. The van der Waals surface area contributed by atoms with Gasteiger partial charge in [0.1, 0.15) is 0 Å². The highest BCUT2D eigenvalue weighted by Gasteiger charge is 2.15. The van der Waals surface area contributed by atoms with Crippen LogP contribution in [0.25, 0.3) is 0 Å². The fraction of sp³-hybridized carbons (Fsp3) is 0.929. The maximum atomic E-state index is 11.6. The zero-order chi connectivity index (χ0) is 12.7. The average molecular weight is 260 g/mol. The Morgan fingerprint density at radius 3 is 2.53 bits per heavy atom. The van der Waals surface area contributed by atoms with Gasteiger partial charge in [0, 0.05) is 13.0 Å². The van der Waals surface area contributed by atoms with Crippen molar-refractivity contribution in [1.82, 2.24) is 5.32 Å². The molecule has 1 aliphatic carbocycles. The van der Waals surface area contributed by atoms with E-state index in [2.05, 4.69) is 19.2 Å². The van der Waals surface area contributed by atoms with Crippen molar-refractivity contribution in [3.05, 3.63) is 0 Å². The Morgan fingerprint density at radius 2 is 1.94 bits per heavy atom. The lowest BCUT2D eigenvalue weighted by Gasteiger charge is -2.21. The van der Waals surface area contributed by atoms with Crippen LogP contribution in [-0.2, 0) is 4.79 Å². The lowest BCUT2D eigenvalue weighted by atomic mass is 9.86. The van der Waals surface area contributed by atoms with Gasteiger partial charge in [-0.3, -0.25) is 4.79 Å². The Balaban J connectivity index is 2.08. The second-order valence-electron chi connectivity index (χ2n) is 5.61. The van der Waals surface area contributed by atoms with Gasteiger partial charge in [-0.05, 0) is 18.3 Å². The van der Waals surface area contributed by atoms with Crippen LogP contribution < -0.4 is 5.32 Å². The van der Waals surface area contributed by atoms with Crippen molar-refractivity contribution in [2.75, 3.05) is 6.54 Å². The monoisotopic (exact) mass is 259 g/mol. The first-order chi connectivity index (χ1) is 8.09. The Morgan fingerprint density at radius 1 is 1.29 bits per heavy atom. The van der Waals surface area contributed by atoms with Crippen LogP contribution in [0.15, 0.2) is 0 Å². The molecule has 1 saturated carbocycles. The largest absolute Gasteiger partial charge is 0.355 e. The van der Waals surface area contributed by atoms with Gasteiger partial charge in [0.15, 0.2) is 0 Å². The number of carbonyl (C=O) groups is 1. The standard InChI is InChI=1S/C14H26ClNO/c1-11(2)13(15)10-16-14(17)9-8-12-6-4-3-5-7-12/h11-13H,3-10H2,1-2H3,(H,16,17). The molecule has 1 amide bonds. The zero-order valence-corrected chi connectivity index (χ0v) is 11.9. The van der Waals surface area contributed by atoms with Crippen molar-refractivity contribution in [1.29, 1.82) is 0 Å². The molecule has 2 nitrogen and oxygen atoms in total. The molecule has 1 atom stereocenters. The van der Waals surface area contributed by atoms with Gasteiger partial charge < -0.3 is 5.32 Å². The van der Waals surface area contributed by atoms with Crippen LogP contribution in [0.3, 0.4) is 0 Å². The SMILES string of the molecule is CC(C)C(Cl)CNC(=O)CCC1CCCCC1. The number of halogens is 1. The quantitative estimate of drug-likeness (QED) is 0.724. The van der Waals surface area contributed by atoms with Gasteiger partial charge in [-0.15, -0.1) is 11.6 Å². The van der Waals surface area contributed by atoms with Crippen molar-refractivity contribution in [2.45, 2.75) is 64.2 Å². The van der Waals surface area contributed by atoms with E-state index in [0.717, 1.165) is 12.3 Å². The van der Waals surface area contributed by atoms with Gasteiger partial charge in [0.2, 0.25) is 5.91 Å². The minimum absolute atomic E-state index is 0.0497. The predicted octanol–water partition coefficient (Wildman–Crippen LogP) is 3.73. The molecule has 0 heterocycles. The van der Waals surface area contributed by atoms with Gasteiger partial charge >= 0.3 is 0 Å². The number of nitrogens with one attached hydrogen (secondary N) is 1. The Labute approximate surface area is 110 Å². The molecule has 0 saturated heterocycles. The second-order valence-corrected chi connectivity index (χ2v) is 6.17. The highest BCUT2D eigenvalue weighted by atomic mass is 35.5. The molecule has 0 aromatic rings. The molecular weight excluding hydrogens is 234 g/mol. The molecule has 0 radical (unpaired) electrons. The lowest BCUT2D eigenvalue weighted by Crippen LogP contribution is -2.32. The van der Waals surface area contributed by atoms with E-state index in [4.69, 9.17) is 11.6 Å². The summed E-state index contributed by atoms with van der Waals surface area (Å²) in [6.07, 6.45) is 8.44. The maximum absolute atomic E-state index is 11.6. The molecule has 1 fully saturated rings. The zero-order valence-electron chi connectivity index (χ0n) is 11.2. The van der Waals surface area contributed by atoms with Crippen molar-refractivity contribution in [2.24, 2.45) is 11.8 Å². The topological polar surface area (TPSA) is 29.1 Å². The van der Waals surface area contributed by atoms with Gasteiger partial charge in [-0.25, -0.2) is 0 Å². The van der Waals surface area contributed by atoms with Crippen LogP contribution in [0.1, 0.15) is 58.8 Å². The van der Waals surface area contributed by atoms with E-state index in [9.17, 15) is 4.79 Å². The van der Waals surface area contributed by atoms with E-state index < -0.39 is 0 Å². The Hall–Kier alpha value is -0.240. The third-order valence-corrected chi connectivity index (χ3v) is 4.38. The molecule has 0 aromatic heterocycles. The summed E-state index contributed by atoms with van der Waals surface area (Å²) < 4.78 is 0. The van der Waals surface area contributed by atoms with Gasteiger partial charge in [0.25, 0.3) is 0 Å². The highest BCUT2D eigenvalue weighted by molar-refractivity contribution is 6.21. The van der Waals surface area contributed by atoms with Gasteiger partial charge in [0.05, 0.1) is 5.38 Å². The highest BCUT2D eigenvalue weighted by Crippen LogP contribution is 2.27. The first-order valence-corrected chi connectivity index (χ1v) is 7.44. The van der Waals surface area contributed by atoms with E-state index in [-0.39, 0.29) is 11.3 Å². The smallest absolute Gasteiger partial charge is 0.220 e. The van der Waals surface area contributed by atoms with Crippen molar-refractivity contribution in [3.8, 4) is 0 Å². The number of alkyl halides is 1. The molecule has 1 unspecified atom stereocenters. The predicted molar refractivity (Wildman–Crippen MR) is 73.3 cm³/mol. The number of amides is 1. The van der Waals surface area contributed by atoms with Crippen molar-refractivity contribution >= 4 is 17.5 Å². The summed E-state index contributed by atoms with van der Waals surface area (Å²) in [5, 5.41) is 2.98. The molecule has 0 bridgehead atoms. The Kier molecular flexibility index (Phi) is 6.94. The van der Waals surface area contributed by atoms with Crippen molar-refractivity contribution in [3.63, 3.8) is 0 Å². The lowest BCUT2D eigenvalue weighted by molar-refractivity contribution is -0.121. The van der Waals surface area contributed by atoms with E-state index in [1.807, 2.05) is 0 Å². The number of hydrogen-bond acceptors (Lipinski definition) is 1. The molecule has 1 rings (SSSR count). The van der Waals surface area contributed by atoms with E-state index >= 15 is 0 Å². The van der Waals surface area contributed by atoms with Crippen LogP contribution in [0, 0.1) is 11.8 Å². The van der Waals surface area contributed by atoms with Crippen LogP contribution in [0.4, 0.5) is 0 Å². The van der Waals surface area contributed by atoms with E-state index in [1.54, 1.807) is 0 Å². The summed E-state index contributed by atoms with van der Waals surface area (Å²) >= 11 is 6.09. The fourth-order valence-electron chi connectivity index (χ4n) is 2.35. The molecule has 3 heteroatoms. The van der Waals surface area contributed by atoms with Crippen LogP contribution in [-0.4, -0.2) is 17.8 Å². The molecule has 0 aromatic carbocycles. The summed E-state index contributed by atoms with van der Waals surface area (Å²) in [6, 6.07) is 0. The van der Waals surface area contributed by atoms with Crippen LogP contribution in [0.2, 0.25) is 0 Å². The minimum atomic E-state index is 0.0497. The molecule has 1 aliphatic rings. The number of rotatable bonds is 6. The molecule has 0 aliphatic heterocycles. The van der Waals surface area contributed by atoms with Gasteiger partial charge in [-0.1, -0.05) is 46.0 Å². The Bertz CT molecular complexity index is 224. The van der Waals surface area contributed by atoms with Crippen molar-refractivity contribution < 1.29 is 4.79 Å². The second kappa shape index (κ2) is 7.97. The average Bonchev–Trinajstić information content (AvgIpc) is 2.34. The number of hydrogen-bond donors (Lipinski definition) is 1. The molecule has 100 valence electrons. The molecular formula is C14H26ClNO. The molecule has 0 spiro atoms. The maximum Gasteiger partial charge on any atom is 0.220 e. The third kappa shape index (κ3) is 6.30. The molecule has 17 heavy (non-hydrogen) atoms. The van der Waals surface area contributed by atoms with E-state index in [0.29, 0.717) is 18.9 Å². The van der Waals surface area contributed by atoms with Gasteiger partial charge in [-0.2, -0.15) is 0 Å². The minimum Gasteiger partial charge on any atom is -0.355 e. The third-order valence-electron chi connectivity index (χ3n) is 3.72. The number of carbonyl (C=O) groups excluding carboxylic acids is 1. The van der Waals surface area contributed by atoms with Crippen LogP contribution in [0.5, 0.6) is 0 Å². The fourth-order valence-corrected chi connectivity index (χ4v) is 2.42. The normalized spacial score (nSPS) is 19.3. The van der Waals surface area contributed by atoms with Crippen LogP contribution >= 0.6 is 11.6 Å². The summed E-state index contributed by atoms with van der Waals surface area (Å²) in [5.41, 5.74) is 0. The van der Waals surface area contributed by atoms with E-state index in [1.165, 1.54) is 32.1 Å². The summed E-state index contributed by atoms with van der Waals surface area (Å²) in [4.78, 5) is 11.6. The summed E-state index contributed by atoms with van der Waals surface area (Å²) in [6.45, 7) is 4.75. The summed E-state index contributed by atoms with van der Waals surface area (Å²) in [5.74, 6) is 1.36. The first-order valence-electron chi connectivity index (χ1n) is 7.00.